The van der Waals surface area contributed by atoms with Gasteiger partial charge < -0.3 is 14.6 Å². The molecule has 0 aromatic heterocycles. The summed E-state index contributed by atoms with van der Waals surface area (Å²) >= 11 is 6.11. The Labute approximate surface area is 106 Å². The van der Waals surface area contributed by atoms with Crippen molar-refractivity contribution < 1.29 is 14.6 Å². The topological polar surface area (TPSA) is 38.7 Å². The number of rotatable bonds is 3. The lowest BCUT2D eigenvalue weighted by atomic mass is 10.0. The Kier molecular flexibility index (Phi) is 3.73. The van der Waals surface area contributed by atoms with Gasteiger partial charge in [0.1, 0.15) is 6.10 Å². The van der Waals surface area contributed by atoms with Crippen LogP contribution in [0.4, 0.5) is 0 Å². The molecule has 1 aliphatic heterocycles. The molecule has 0 spiro atoms. The van der Waals surface area contributed by atoms with Crippen molar-refractivity contribution in [1.82, 2.24) is 0 Å². The molecule has 1 aliphatic rings. The van der Waals surface area contributed by atoms with Crippen LogP contribution in [0.1, 0.15) is 19.4 Å². The van der Waals surface area contributed by atoms with E-state index in [0.29, 0.717) is 6.42 Å². The summed E-state index contributed by atoms with van der Waals surface area (Å²) in [4.78, 5) is 0. The minimum absolute atomic E-state index is 0.0431. The Balaban J connectivity index is 2.11. The lowest BCUT2D eigenvalue weighted by molar-refractivity contribution is -0.149. The molecule has 1 aromatic rings. The van der Waals surface area contributed by atoms with Crippen LogP contribution < -0.4 is 0 Å². The van der Waals surface area contributed by atoms with E-state index in [2.05, 4.69) is 0 Å². The highest BCUT2D eigenvalue weighted by molar-refractivity contribution is 6.31. The van der Waals surface area contributed by atoms with Crippen LogP contribution in [-0.4, -0.2) is 29.7 Å². The van der Waals surface area contributed by atoms with E-state index in [4.69, 9.17) is 21.1 Å². The van der Waals surface area contributed by atoms with Gasteiger partial charge in [-0.2, -0.15) is 0 Å². The quantitative estimate of drug-likeness (QED) is 0.903. The Bertz CT molecular complexity index is 392. The van der Waals surface area contributed by atoms with Gasteiger partial charge in [0.25, 0.3) is 0 Å². The molecule has 1 heterocycles. The lowest BCUT2D eigenvalue weighted by Gasteiger charge is -2.17. The summed E-state index contributed by atoms with van der Waals surface area (Å²) in [7, 11) is 0. The predicted molar refractivity (Wildman–Crippen MR) is 66.1 cm³/mol. The first-order valence-corrected chi connectivity index (χ1v) is 6.09. The van der Waals surface area contributed by atoms with Gasteiger partial charge in [-0.15, -0.1) is 0 Å². The number of benzene rings is 1. The molecule has 1 N–H and O–H groups in total. The van der Waals surface area contributed by atoms with Gasteiger partial charge in [-0.1, -0.05) is 29.8 Å². The molecule has 0 bridgehead atoms. The van der Waals surface area contributed by atoms with Crippen LogP contribution >= 0.6 is 11.6 Å². The Hall–Kier alpha value is -0.610. The zero-order valence-corrected chi connectivity index (χ0v) is 10.8. The minimum Gasteiger partial charge on any atom is -0.394 e. The maximum absolute atomic E-state index is 9.28. The first kappa shape index (κ1) is 12.8. The fourth-order valence-corrected chi connectivity index (χ4v) is 2.33. The summed E-state index contributed by atoms with van der Waals surface area (Å²) < 4.78 is 11.4. The van der Waals surface area contributed by atoms with E-state index in [1.807, 2.05) is 38.1 Å². The van der Waals surface area contributed by atoms with Crippen LogP contribution in [0.5, 0.6) is 0 Å². The lowest BCUT2D eigenvalue weighted by Crippen LogP contribution is -2.28. The predicted octanol–water partition coefficient (Wildman–Crippen LogP) is 2.39. The fraction of sp³-hybridized carbons (Fsp3) is 0.538. The van der Waals surface area contributed by atoms with Crippen molar-refractivity contribution in [2.75, 3.05) is 6.61 Å². The van der Waals surface area contributed by atoms with Crippen molar-refractivity contribution in [2.24, 2.45) is 0 Å². The summed E-state index contributed by atoms with van der Waals surface area (Å²) in [5, 5.41) is 10.00. The number of hydrogen-bond acceptors (Lipinski definition) is 3. The van der Waals surface area contributed by atoms with Gasteiger partial charge in [0.15, 0.2) is 5.79 Å². The summed E-state index contributed by atoms with van der Waals surface area (Å²) in [6.45, 7) is 3.66. The zero-order chi connectivity index (χ0) is 12.5. The number of aliphatic hydroxyl groups excluding tert-OH is 1. The third kappa shape index (κ3) is 2.99. The van der Waals surface area contributed by atoms with E-state index in [-0.39, 0.29) is 18.8 Å². The molecule has 1 aromatic carbocycles. The molecule has 94 valence electrons. The van der Waals surface area contributed by atoms with E-state index >= 15 is 0 Å². The molecular formula is C13H17ClO3. The molecule has 1 fully saturated rings. The first-order chi connectivity index (χ1) is 8.02. The third-order valence-electron chi connectivity index (χ3n) is 2.84. The zero-order valence-electron chi connectivity index (χ0n) is 10.0. The van der Waals surface area contributed by atoms with Crippen molar-refractivity contribution in [2.45, 2.75) is 38.3 Å². The molecule has 0 amide bonds. The van der Waals surface area contributed by atoms with Gasteiger partial charge >= 0.3 is 0 Å². The smallest absolute Gasteiger partial charge is 0.163 e. The van der Waals surface area contributed by atoms with Crippen molar-refractivity contribution in [1.29, 1.82) is 0 Å². The average Bonchev–Trinajstić information content (AvgIpc) is 2.56. The van der Waals surface area contributed by atoms with Crippen molar-refractivity contribution in [3.05, 3.63) is 34.9 Å². The highest BCUT2D eigenvalue weighted by Gasteiger charge is 2.40. The second kappa shape index (κ2) is 4.94. The van der Waals surface area contributed by atoms with E-state index in [1.165, 1.54) is 0 Å². The van der Waals surface area contributed by atoms with Crippen LogP contribution in [0.15, 0.2) is 24.3 Å². The summed E-state index contributed by atoms with van der Waals surface area (Å²) in [5.41, 5.74) is 1.01. The number of aliphatic hydroxyl groups is 1. The SMILES string of the molecule is CC1(C)O[C@H](CO)[C@@H](Cc2ccccc2Cl)O1. The van der Waals surface area contributed by atoms with Crippen molar-refractivity contribution in [3.63, 3.8) is 0 Å². The van der Waals surface area contributed by atoms with E-state index in [0.717, 1.165) is 10.6 Å². The molecule has 4 heteroatoms. The number of ether oxygens (including phenoxy) is 2. The minimum atomic E-state index is -0.640. The molecule has 17 heavy (non-hydrogen) atoms. The van der Waals surface area contributed by atoms with E-state index in [1.54, 1.807) is 0 Å². The monoisotopic (exact) mass is 256 g/mol. The maximum atomic E-state index is 9.28. The first-order valence-electron chi connectivity index (χ1n) is 5.72. The van der Waals surface area contributed by atoms with Crippen LogP contribution in [-0.2, 0) is 15.9 Å². The van der Waals surface area contributed by atoms with E-state index < -0.39 is 5.79 Å². The number of halogens is 1. The highest BCUT2D eigenvalue weighted by atomic mass is 35.5. The van der Waals surface area contributed by atoms with E-state index in [9.17, 15) is 5.11 Å². The standard InChI is InChI=1S/C13H17ClO3/c1-13(2)16-11(12(8-15)17-13)7-9-5-3-4-6-10(9)14/h3-6,11-12,15H,7-8H2,1-2H3/t11-,12-/m1/s1. The Morgan fingerprint density at radius 3 is 2.53 bits per heavy atom. The van der Waals surface area contributed by atoms with Gasteiger partial charge in [-0.25, -0.2) is 0 Å². The van der Waals surface area contributed by atoms with Crippen LogP contribution in [0.3, 0.4) is 0 Å². The van der Waals surface area contributed by atoms with Gasteiger partial charge in [-0.05, 0) is 25.5 Å². The summed E-state index contributed by atoms with van der Waals surface area (Å²) in [6, 6.07) is 7.65. The fourth-order valence-electron chi connectivity index (χ4n) is 2.12. The third-order valence-corrected chi connectivity index (χ3v) is 3.21. The van der Waals surface area contributed by atoms with Crippen LogP contribution in [0.25, 0.3) is 0 Å². The number of hydrogen-bond donors (Lipinski definition) is 1. The second-order valence-corrected chi connectivity index (χ2v) is 5.10. The largest absolute Gasteiger partial charge is 0.394 e. The molecule has 2 atom stereocenters. The molecule has 3 nitrogen and oxygen atoms in total. The van der Waals surface area contributed by atoms with Crippen molar-refractivity contribution in [3.8, 4) is 0 Å². The summed E-state index contributed by atoms with van der Waals surface area (Å²) in [6.07, 6.45) is 0.199. The molecule has 0 aliphatic carbocycles. The molecule has 0 radical (unpaired) electrons. The van der Waals surface area contributed by atoms with Crippen molar-refractivity contribution >= 4 is 11.6 Å². The normalized spacial score (nSPS) is 27.3. The Morgan fingerprint density at radius 2 is 1.88 bits per heavy atom. The maximum Gasteiger partial charge on any atom is 0.163 e. The summed E-state index contributed by atoms with van der Waals surface area (Å²) in [5.74, 6) is -0.640. The van der Waals surface area contributed by atoms with Gasteiger partial charge in [0, 0.05) is 11.4 Å². The second-order valence-electron chi connectivity index (χ2n) is 4.69. The average molecular weight is 257 g/mol. The highest BCUT2D eigenvalue weighted by Crippen LogP contribution is 2.31. The molecule has 2 rings (SSSR count). The van der Waals surface area contributed by atoms with Crippen LogP contribution in [0, 0.1) is 0 Å². The molecule has 0 unspecified atom stereocenters. The van der Waals surface area contributed by atoms with Gasteiger partial charge in [-0.3, -0.25) is 0 Å². The Morgan fingerprint density at radius 1 is 1.24 bits per heavy atom. The van der Waals surface area contributed by atoms with Gasteiger partial charge in [0.2, 0.25) is 0 Å². The van der Waals surface area contributed by atoms with Gasteiger partial charge in [0.05, 0.1) is 12.7 Å². The van der Waals surface area contributed by atoms with Crippen LogP contribution in [0.2, 0.25) is 5.02 Å². The molecule has 1 saturated heterocycles. The molecule has 0 saturated carbocycles. The molecular weight excluding hydrogens is 240 g/mol.